The highest BCUT2D eigenvalue weighted by atomic mass is 16.5. The molecule has 1 aliphatic rings. The lowest BCUT2D eigenvalue weighted by molar-refractivity contribution is 0.396. The lowest BCUT2D eigenvalue weighted by Gasteiger charge is -2.19. The van der Waals surface area contributed by atoms with Gasteiger partial charge in [-0.15, -0.1) is 0 Å². The van der Waals surface area contributed by atoms with E-state index in [-0.39, 0.29) is 0 Å². The minimum Gasteiger partial charge on any atom is -0.481 e. The first kappa shape index (κ1) is 10.2. The molecule has 0 aliphatic carbocycles. The largest absolute Gasteiger partial charge is 0.481 e. The molecule has 1 aliphatic heterocycles. The Hall–Kier alpha value is -1.32. The first-order chi connectivity index (χ1) is 7.40. The van der Waals surface area contributed by atoms with Crippen LogP contribution in [-0.2, 0) is 0 Å². The monoisotopic (exact) mass is 207 g/mol. The summed E-state index contributed by atoms with van der Waals surface area (Å²) in [5.74, 6) is 1.44. The Morgan fingerprint density at radius 3 is 2.60 bits per heavy atom. The molecule has 1 aromatic rings. The van der Waals surface area contributed by atoms with E-state index in [1.54, 1.807) is 19.4 Å². The standard InChI is InChI=1S/C11H17N3O/c1-15-10-6-7-12-11(13-10)14-8-4-2-3-5-9-14/h6-7H,2-5,8-9H2,1H3. The molecule has 4 nitrogen and oxygen atoms in total. The number of ether oxygens (including phenoxy) is 1. The number of anilines is 1. The third kappa shape index (κ3) is 2.58. The van der Waals surface area contributed by atoms with E-state index in [0.717, 1.165) is 19.0 Å². The molecule has 0 bridgehead atoms. The third-order valence-electron chi connectivity index (χ3n) is 2.72. The summed E-state index contributed by atoms with van der Waals surface area (Å²) in [6.07, 6.45) is 6.87. The molecule has 1 saturated heterocycles. The second kappa shape index (κ2) is 4.96. The van der Waals surface area contributed by atoms with Gasteiger partial charge in [-0.05, 0) is 12.8 Å². The summed E-state index contributed by atoms with van der Waals surface area (Å²) in [5.41, 5.74) is 0. The molecule has 2 heterocycles. The number of nitrogens with zero attached hydrogens (tertiary/aromatic N) is 3. The zero-order chi connectivity index (χ0) is 10.5. The first-order valence-corrected chi connectivity index (χ1v) is 5.52. The summed E-state index contributed by atoms with van der Waals surface area (Å²) in [6, 6.07) is 1.78. The predicted octanol–water partition coefficient (Wildman–Crippen LogP) is 1.87. The summed E-state index contributed by atoms with van der Waals surface area (Å²) in [4.78, 5) is 10.9. The van der Waals surface area contributed by atoms with Crippen molar-refractivity contribution in [1.29, 1.82) is 0 Å². The molecule has 0 aromatic carbocycles. The van der Waals surface area contributed by atoms with Crippen LogP contribution in [0.1, 0.15) is 25.7 Å². The molecule has 1 aromatic heterocycles. The van der Waals surface area contributed by atoms with Crippen molar-refractivity contribution in [1.82, 2.24) is 9.97 Å². The molecule has 0 atom stereocenters. The molecule has 0 radical (unpaired) electrons. The predicted molar refractivity (Wildman–Crippen MR) is 59.3 cm³/mol. The maximum atomic E-state index is 5.10. The molecular formula is C11H17N3O. The molecule has 2 rings (SSSR count). The first-order valence-electron chi connectivity index (χ1n) is 5.52. The van der Waals surface area contributed by atoms with Crippen LogP contribution in [0.25, 0.3) is 0 Å². The Bertz CT molecular complexity index is 308. The van der Waals surface area contributed by atoms with Gasteiger partial charge < -0.3 is 9.64 Å². The molecule has 82 valence electrons. The lowest BCUT2D eigenvalue weighted by Crippen LogP contribution is -2.25. The summed E-state index contributed by atoms with van der Waals surface area (Å²) in [5, 5.41) is 0. The Labute approximate surface area is 90.3 Å². The van der Waals surface area contributed by atoms with E-state index in [2.05, 4.69) is 14.9 Å². The topological polar surface area (TPSA) is 38.2 Å². The number of aromatic nitrogens is 2. The molecule has 0 unspecified atom stereocenters. The molecule has 4 heteroatoms. The van der Waals surface area contributed by atoms with Crippen LogP contribution >= 0.6 is 0 Å². The number of rotatable bonds is 2. The van der Waals surface area contributed by atoms with Gasteiger partial charge in [0.15, 0.2) is 0 Å². The zero-order valence-electron chi connectivity index (χ0n) is 9.15. The van der Waals surface area contributed by atoms with Crippen LogP contribution in [0, 0.1) is 0 Å². The zero-order valence-corrected chi connectivity index (χ0v) is 9.15. The number of methoxy groups -OCH3 is 1. The van der Waals surface area contributed by atoms with Crippen molar-refractivity contribution >= 4 is 5.95 Å². The van der Waals surface area contributed by atoms with E-state index in [9.17, 15) is 0 Å². The highest BCUT2D eigenvalue weighted by Gasteiger charge is 2.12. The average Bonchev–Trinajstić information content (AvgIpc) is 2.58. The van der Waals surface area contributed by atoms with E-state index in [1.807, 2.05) is 0 Å². The van der Waals surface area contributed by atoms with Crippen molar-refractivity contribution in [2.45, 2.75) is 25.7 Å². The quantitative estimate of drug-likeness (QED) is 0.742. The minimum atomic E-state index is 0.643. The second-order valence-corrected chi connectivity index (χ2v) is 3.80. The smallest absolute Gasteiger partial charge is 0.228 e. The van der Waals surface area contributed by atoms with Gasteiger partial charge in [-0.2, -0.15) is 4.98 Å². The molecule has 0 saturated carbocycles. The summed E-state index contributed by atoms with van der Waals surface area (Å²) in [7, 11) is 1.63. The van der Waals surface area contributed by atoms with Gasteiger partial charge in [0.1, 0.15) is 0 Å². The number of hydrogen-bond donors (Lipinski definition) is 0. The van der Waals surface area contributed by atoms with Crippen LogP contribution in [0.2, 0.25) is 0 Å². The Balaban J connectivity index is 2.12. The van der Waals surface area contributed by atoms with Gasteiger partial charge in [-0.1, -0.05) is 12.8 Å². The summed E-state index contributed by atoms with van der Waals surface area (Å²) >= 11 is 0. The molecule has 1 fully saturated rings. The van der Waals surface area contributed by atoms with E-state index >= 15 is 0 Å². The molecular weight excluding hydrogens is 190 g/mol. The van der Waals surface area contributed by atoms with Crippen LogP contribution in [0.5, 0.6) is 5.88 Å². The summed E-state index contributed by atoms with van der Waals surface area (Å²) < 4.78 is 5.10. The van der Waals surface area contributed by atoms with Gasteiger partial charge in [0, 0.05) is 25.4 Å². The van der Waals surface area contributed by atoms with Gasteiger partial charge in [0.05, 0.1) is 7.11 Å². The highest BCUT2D eigenvalue weighted by Crippen LogP contribution is 2.17. The molecule has 0 amide bonds. The minimum absolute atomic E-state index is 0.643. The fourth-order valence-electron chi connectivity index (χ4n) is 1.87. The van der Waals surface area contributed by atoms with Crippen LogP contribution in [0.4, 0.5) is 5.95 Å². The van der Waals surface area contributed by atoms with Crippen molar-refractivity contribution in [2.24, 2.45) is 0 Å². The Kier molecular flexibility index (Phi) is 3.37. The van der Waals surface area contributed by atoms with Crippen molar-refractivity contribution < 1.29 is 4.74 Å². The molecule has 15 heavy (non-hydrogen) atoms. The SMILES string of the molecule is COc1ccnc(N2CCCCCC2)n1. The van der Waals surface area contributed by atoms with Crippen molar-refractivity contribution in [3.8, 4) is 5.88 Å². The summed E-state index contributed by atoms with van der Waals surface area (Å²) in [6.45, 7) is 2.13. The number of hydrogen-bond acceptors (Lipinski definition) is 4. The molecule has 0 spiro atoms. The fourth-order valence-corrected chi connectivity index (χ4v) is 1.87. The van der Waals surface area contributed by atoms with Crippen LogP contribution in [-0.4, -0.2) is 30.2 Å². The van der Waals surface area contributed by atoms with Gasteiger partial charge in [0.2, 0.25) is 11.8 Å². The highest BCUT2D eigenvalue weighted by molar-refractivity contribution is 5.31. The maximum Gasteiger partial charge on any atom is 0.228 e. The second-order valence-electron chi connectivity index (χ2n) is 3.80. The normalized spacial score (nSPS) is 17.3. The third-order valence-corrected chi connectivity index (χ3v) is 2.72. The van der Waals surface area contributed by atoms with Gasteiger partial charge in [0.25, 0.3) is 0 Å². The van der Waals surface area contributed by atoms with E-state index < -0.39 is 0 Å². The van der Waals surface area contributed by atoms with E-state index in [4.69, 9.17) is 4.74 Å². The van der Waals surface area contributed by atoms with Crippen LogP contribution < -0.4 is 9.64 Å². The van der Waals surface area contributed by atoms with E-state index in [1.165, 1.54) is 25.7 Å². The van der Waals surface area contributed by atoms with Crippen LogP contribution in [0.15, 0.2) is 12.3 Å². The maximum absolute atomic E-state index is 5.10. The van der Waals surface area contributed by atoms with Gasteiger partial charge >= 0.3 is 0 Å². The Morgan fingerprint density at radius 1 is 1.20 bits per heavy atom. The van der Waals surface area contributed by atoms with Gasteiger partial charge in [-0.25, -0.2) is 4.98 Å². The fraction of sp³-hybridized carbons (Fsp3) is 0.636. The van der Waals surface area contributed by atoms with Crippen LogP contribution in [0.3, 0.4) is 0 Å². The Morgan fingerprint density at radius 2 is 1.93 bits per heavy atom. The van der Waals surface area contributed by atoms with Crippen molar-refractivity contribution in [3.63, 3.8) is 0 Å². The molecule has 0 N–H and O–H groups in total. The van der Waals surface area contributed by atoms with Crippen molar-refractivity contribution in [2.75, 3.05) is 25.1 Å². The van der Waals surface area contributed by atoms with E-state index in [0.29, 0.717) is 5.88 Å². The van der Waals surface area contributed by atoms with Crippen molar-refractivity contribution in [3.05, 3.63) is 12.3 Å². The average molecular weight is 207 g/mol. The van der Waals surface area contributed by atoms with Gasteiger partial charge in [-0.3, -0.25) is 0 Å². The lowest BCUT2D eigenvalue weighted by atomic mass is 10.2.